The third-order valence-electron chi connectivity index (χ3n) is 4.85. The number of carbonyl (C=O) groups excluding carboxylic acids is 1. The highest BCUT2D eigenvalue weighted by Gasteiger charge is 2.25. The molecule has 11 heteroatoms. The van der Waals surface area contributed by atoms with Crippen molar-refractivity contribution in [2.45, 2.75) is 10.1 Å². The van der Waals surface area contributed by atoms with E-state index in [9.17, 15) is 13.2 Å². The van der Waals surface area contributed by atoms with Crippen molar-refractivity contribution in [2.24, 2.45) is 0 Å². The van der Waals surface area contributed by atoms with Crippen LogP contribution in [0.3, 0.4) is 0 Å². The van der Waals surface area contributed by atoms with Gasteiger partial charge in [0, 0.05) is 6.07 Å². The Morgan fingerprint density at radius 2 is 1.71 bits per heavy atom. The molecule has 0 aliphatic heterocycles. The number of hydrogen-bond donors (Lipinski definition) is 1. The quantitative estimate of drug-likeness (QED) is 0.339. The molecular weight excluding hydrogens is 498 g/mol. The molecule has 0 saturated heterocycles. The molecule has 0 bridgehead atoms. The zero-order valence-corrected chi connectivity index (χ0v) is 20.6. The predicted molar refractivity (Wildman–Crippen MR) is 133 cm³/mol. The lowest BCUT2D eigenvalue weighted by atomic mass is 10.2. The first-order valence-corrected chi connectivity index (χ1v) is 12.8. The van der Waals surface area contributed by atoms with Gasteiger partial charge in [-0.3, -0.25) is 4.79 Å². The molecule has 1 N–H and O–H groups in total. The van der Waals surface area contributed by atoms with Gasteiger partial charge in [-0.2, -0.15) is 0 Å². The highest BCUT2D eigenvalue weighted by atomic mass is 35.5. The van der Waals surface area contributed by atoms with E-state index >= 15 is 0 Å². The zero-order chi connectivity index (χ0) is 24.3. The maximum atomic E-state index is 13.4. The summed E-state index contributed by atoms with van der Waals surface area (Å²) >= 11 is 7.18. The molecule has 0 aliphatic carbocycles. The maximum absolute atomic E-state index is 13.4. The number of anilines is 1. The van der Waals surface area contributed by atoms with E-state index in [0.29, 0.717) is 33.2 Å². The highest BCUT2D eigenvalue weighted by molar-refractivity contribution is 8.00. The van der Waals surface area contributed by atoms with Crippen molar-refractivity contribution < 1.29 is 22.7 Å². The lowest BCUT2D eigenvalue weighted by Gasteiger charge is -2.13. The first-order chi connectivity index (χ1) is 16.3. The average Bonchev–Trinajstić information content (AvgIpc) is 3.23. The second-order valence-corrected chi connectivity index (χ2v) is 10.1. The Hall–Kier alpha value is -3.21. The second kappa shape index (κ2) is 9.96. The summed E-state index contributed by atoms with van der Waals surface area (Å²) in [7, 11) is -0.994. The minimum atomic E-state index is -3.93. The molecule has 0 radical (unpaired) electrons. The molecule has 1 heterocycles. The van der Waals surface area contributed by atoms with Crippen molar-refractivity contribution in [1.29, 1.82) is 0 Å². The van der Waals surface area contributed by atoms with E-state index in [1.165, 1.54) is 36.4 Å². The van der Waals surface area contributed by atoms with E-state index in [4.69, 9.17) is 21.1 Å². The Kier molecular flexibility index (Phi) is 7.01. The lowest BCUT2D eigenvalue weighted by molar-refractivity contribution is -0.113. The number of rotatable bonds is 8. The fraction of sp³-hybridized carbons (Fsp3) is 0.130. The molecule has 176 valence electrons. The van der Waals surface area contributed by atoms with E-state index in [1.54, 1.807) is 48.5 Å². The molecule has 0 saturated carbocycles. The summed E-state index contributed by atoms with van der Waals surface area (Å²) in [6, 6.07) is 18.1. The summed E-state index contributed by atoms with van der Waals surface area (Å²) in [5.41, 5.74) is 1.30. The molecule has 0 spiro atoms. The number of carbonyl (C=O) groups is 1. The average molecular weight is 518 g/mol. The number of nitrogens with one attached hydrogen (secondary N) is 1. The van der Waals surface area contributed by atoms with Crippen LogP contribution in [0.2, 0.25) is 5.02 Å². The molecule has 8 nitrogen and oxygen atoms in total. The molecule has 4 aromatic rings. The van der Waals surface area contributed by atoms with Gasteiger partial charge in [-0.15, -0.1) is 0 Å². The number of methoxy groups -OCH3 is 2. The first-order valence-electron chi connectivity index (χ1n) is 9.97. The number of amides is 1. The number of thioether (sulfide) groups is 1. The summed E-state index contributed by atoms with van der Waals surface area (Å²) in [6.45, 7) is 0. The minimum absolute atomic E-state index is 0.0968. The fourth-order valence-electron chi connectivity index (χ4n) is 3.28. The van der Waals surface area contributed by atoms with Crippen molar-refractivity contribution >= 4 is 56.0 Å². The van der Waals surface area contributed by atoms with Gasteiger partial charge in [0.2, 0.25) is 5.91 Å². The predicted octanol–water partition coefficient (Wildman–Crippen LogP) is 4.67. The van der Waals surface area contributed by atoms with E-state index < -0.39 is 10.0 Å². The molecule has 1 aromatic heterocycles. The number of ether oxygens (including phenoxy) is 2. The molecule has 1 amide bonds. The van der Waals surface area contributed by atoms with Crippen molar-refractivity contribution in [3.8, 4) is 11.5 Å². The normalized spacial score (nSPS) is 11.4. The number of aromatic nitrogens is 2. The Labute approximate surface area is 205 Å². The van der Waals surface area contributed by atoms with Gasteiger partial charge in [0.1, 0.15) is 11.5 Å². The van der Waals surface area contributed by atoms with Crippen LogP contribution in [-0.2, 0) is 14.8 Å². The van der Waals surface area contributed by atoms with Gasteiger partial charge in [-0.1, -0.05) is 53.7 Å². The third kappa shape index (κ3) is 4.70. The summed E-state index contributed by atoms with van der Waals surface area (Å²) in [6.07, 6.45) is 0. The van der Waals surface area contributed by atoms with Crippen LogP contribution in [0.1, 0.15) is 0 Å². The van der Waals surface area contributed by atoms with E-state index in [1.807, 2.05) is 0 Å². The molecule has 0 unspecified atom stereocenters. The number of benzene rings is 3. The molecule has 0 fully saturated rings. The van der Waals surface area contributed by atoms with Crippen LogP contribution in [-0.4, -0.2) is 43.3 Å². The molecule has 3 aromatic carbocycles. The first kappa shape index (κ1) is 23.9. The van der Waals surface area contributed by atoms with E-state index in [-0.39, 0.29) is 21.7 Å². The summed E-state index contributed by atoms with van der Waals surface area (Å²) in [4.78, 5) is 17.3. The minimum Gasteiger partial charge on any atom is -0.495 e. The Morgan fingerprint density at radius 3 is 2.41 bits per heavy atom. The second-order valence-electron chi connectivity index (χ2n) is 6.99. The van der Waals surface area contributed by atoms with Crippen LogP contribution in [0.4, 0.5) is 5.69 Å². The number of para-hydroxylation sites is 2. The third-order valence-corrected chi connectivity index (χ3v) is 7.92. The van der Waals surface area contributed by atoms with Gasteiger partial charge >= 0.3 is 0 Å². The number of fused-ring (bicyclic) bond motifs is 1. The summed E-state index contributed by atoms with van der Waals surface area (Å²) in [5.74, 6) is 0.296. The van der Waals surface area contributed by atoms with Gasteiger partial charge in [-0.25, -0.2) is 17.4 Å². The molecule has 34 heavy (non-hydrogen) atoms. The maximum Gasteiger partial charge on any atom is 0.270 e. The van der Waals surface area contributed by atoms with E-state index in [2.05, 4.69) is 10.3 Å². The highest BCUT2D eigenvalue weighted by Crippen LogP contribution is 2.36. The van der Waals surface area contributed by atoms with Crippen molar-refractivity contribution in [3.05, 3.63) is 71.8 Å². The van der Waals surface area contributed by atoms with Crippen LogP contribution in [0.15, 0.2) is 76.8 Å². The van der Waals surface area contributed by atoms with E-state index in [0.717, 1.165) is 11.8 Å². The molecule has 4 rings (SSSR count). The monoisotopic (exact) mass is 517 g/mol. The van der Waals surface area contributed by atoms with Crippen molar-refractivity contribution in [2.75, 3.05) is 25.3 Å². The van der Waals surface area contributed by atoms with Gasteiger partial charge in [0.05, 0.1) is 46.6 Å². The molecule has 0 atom stereocenters. The fourth-order valence-corrected chi connectivity index (χ4v) is 6.05. The number of imidazole rings is 1. The van der Waals surface area contributed by atoms with Crippen LogP contribution < -0.4 is 14.8 Å². The molecule has 0 aliphatic rings. The van der Waals surface area contributed by atoms with Crippen LogP contribution in [0.25, 0.3) is 11.0 Å². The number of nitrogens with zero attached hydrogens (tertiary/aromatic N) is 2. The van der Waals surface area contributed by atoms with Crippen molar-refractivity contribution in [1.82, 2.24) is 8.96 Å². The Morgan fingerprint density at radius 1 is 1.03 bits per heavy atom. The SMILES string of the molecule is COc1cc(OC)c(NC(=O)CSc2nc3ccccc3n2S(=O)(=O)c2ccccc2)cc1Cl. The van der Waals surface area contributed by atoms with Gasteiger partial charge in [0.25, 0.3) is 10.0 Å². The smallest absolute Gasteiger partial charge is 0.270 e. The summed E-state index contributed by atoms with van der Waals surface area (Å²) < 4.78 is 38.5. The van der Waals surface area contributed by atoms with Gasteiger partial charge in [0.15, 0.2) is 5.16 Å². The van der Waals surface area contributed by atoms with Crippen LogP contribution >= 0.6 is 23.4 Å². The summed E-state index contributed by atoms with van der Waals surface area (Å²) in [5, 5.41) is 3.22. The standard InChI is InChI=1S/C23H20ClN3O5S2/c1-31-20-13-21(32-2)18(12-16(20)24)25-22(28)14-33-23-26-17-10-6-7-11-19(17)27(23)34(29,30)15-8-4-3-5-9-15/h3-13H,14H2,1-2H3,(H,25,28). The van der Waals surface area contributed by atoms with Gasteiger partial charge < -0.3 is 14.8 Å². The van der Waals surface area contributed by atoms with Crippen LogP contribution in [0.5, 0.6) is 11.5 Å². The lowest BCUT2D eigenvalue weighted by Crippen LogP contribution is -2.17. The zero-order valence-electron chi connectivity index (χ0n) is 18.2. The molecular formula is C23H20ClN3O5S2. The Bertz CT molecular complexity index is 1460. The Balaban J connectivity index is 1.62. The number of hydrogen-bond acceptors (Lipinski definition) is 7. The van der Waals surface area contributed by atoms with Gasteiger partial charge in [-0.05, 0) is 30.3 Å². The van der Waals surface area contributed by atoms with Crippen LogP contribution in [0, 0.1) is 0 Å². The number of halogens is 1. The topological polar surface area (TPSA) is 99.5 Å². The largest absolute Gasteiger partial charge is 0.495 e. The van der Waals surface area contributed by atoms with Crippen molar-refractivity contribution in [3.63, 3.8) is 0 Å².